The first-order chi connectivity index (χ1) is 13.0. The summed E-state index contributed by atoms with van der Waals surface area (Å²) in [4.78, 5) is 16.5. The molecule has 0 saturated heterocycles. The number of hydrogen-bond acceptors (Lipinski definition) is 6. The molecule has 7 nitrogen and oxygen atoms in total. The Labute approximate surface area is 161 Å². The standard InChI is InChI=1S/C16H12F3N3O4S2/c1-28(24,25)22-15-21-12-7-2-9(8-13(12)27-15)14(23)20-10-3-5-11(6-4-10)26-16(17,18)19/h2-8H,1H3,(H,20,23)(H,21,22). The molecule has 2 aromatic carbocycles. The van der Waals surface area contributed by atoms with Gasteiger partial charge in [-0.3, -0.25) is 9.52 Å². The summed E-state index contributed by atoms with van der Waals surface area (Å²) in [5, 5.41) is 2.73. The minimum atomic E-state index is -4.79. The first kappa shape index (κ1) is 19.9. The van der Waals surface area contributed by atoms with E-state index in [1.54, 1.807) is 6.07 Å². The molecule has 12 heteroatoms. The molecule has 1 aromatic heterocycles. The van der Waals surface area contributed by atoms with Gasteiger partial charge in [-0.05, 0) is 42.5 Å². The first-order valence-corrected chi connectivity index (χ1v) is 10.2. The van der Waals surface area contributed by atoms with E-state index in [9.17, 15) is 26.4 Å². The Morgan fingerprint density at radius 2 is 1.82 bits per heavy atom. The number of nitrogens with one attached hydrogen (secondary N) is 2. The number of carbonyl (C=O) groups is 1. The second-order valence-corrected chi connectivity index (χ2v) is 8.38. The summed E-state index contributed by atoms with van der Waals surface area (Å²) in [6.45, 7) is 0. The fourth-order valence-corrected chi connectivity index (χ4v) is 3.95. The van der Waals surface area contributed by atoms with Crippen LogP contribution in [0, 0.1) is 0 Å². The van der Waals surface area contributed by atoms with Gasteiger partial charge in [0.25, 0.3) is 5.91 Å². The van der Waals surface area contributed by atoms with Gasteiger partial charge < -0.3 is 10.1 Å². The van der Waals surface area contributed by atoms with Crippen LogP contribution in [0.25, 0.3) is 10.2 Å². The van der Waals surface area contributed by atoms with Crippen molar-refractivity contribution in [1.29, 1.82) is 0 Å². The van der Waals surface area contributed by atoms with E-state index in [0.29, 0.717) is 10.2 Å². The van der Waals surface area contributed by atoms with Gasteiger partial charge in [-0.2, -0.15) is 0 Å². The Hall–Kier alpha value is -2.86. The van der Waals surface area contributed by atoms with Crippen LogP contribution in [0.2, 0.25) is 0 Å². The third-order valence-electron chi connectivity index (χ3n) is 3.27. The fourth-order valence-electron chi connectivity index (χ4n) is 2.21. The van der Waals surface area contributed by atoms with Gasteiger partial charge >= 0.3 is 6.36 Å². The second kappa shape index (κ2) is 7.28. The van der Waals surface area contributed by atoms with Crippen LogP contribution in [0.5, 0.6) is 5.75 Å². The van der Waals surface area contributed by atoms with Crippen molar-refractivity contribution in [1.82, 2.24) is 4.98 Å². The molecule has 1 heterocycles. The fraction of sp³-hybridized carbons (Fsp3) is 0.125. The lowest BCUT2D eigenvalue weighted by Gasteiger charge is -2.10. The highest BCUT2D eigenvalue weighted by atomic mass is 32.2. The van der Waals surface area contributed by atoms with Crippen molar-refractivity contribution in [2.75, 3.05) is 16.3 Å². The zero-order valence-electron chi connectivity index (χ0n) is 14.1. The Morgan fingerprint density at radius 1 is 1.14 bits per heavy atom. The predicted octanol–water partition coefficient (Wildman–Crippen LogP) is 3.82. The van der Waals surface area contributed by atoms with Crippen molar-refractivity contribution in [3.63, 3.8) is 0 Å². The Kier molecular flexibility index (Phi) is 5.17. The highest BCUT2D eigenvalue weighted by molar-refractivity contribution is 7.92. The zero-order valence-corrected chi connectivity index (χ0v) is 15.7. The summed E-state index contributed by atoms with van der Waals surface area (Å²) in [5.74, 6) is -0.889. The molecule has 0 aliphatic carbocycles. The minimum Gasteiger partial charge on any atom is -0.406 e. The number of benzene rings is 2. The molecule has 0 unspecified atom stereocenters. The van der Waals surface area contributed by atoms with Gasteiger partial charge in [0, 0.05) is 11.3 Å². The molecule has 0 radical (unpaired) electrons. The molecule has 0 atom stereocenters. The van der Waals surface area contributed by atoms with Gasteiger partial charge in [-0.1, -0.05) is 11.3 Å². The quantitative estimate of drug-likeness (QED) is 0.640. The van der Waals surface area contributed by atoms with Crippen LogP contribution in [0.1, 0.15) is 10.4 Å². The second-order valence-electron chi connectivity index (χ2n) is 5.60. The number of anilines is 2. The van der Waals surface area contributed by atoms with E-state index < -0.39 is 28.0 Å². The number of ether oxygens (including phenoxy) is 1. The molecule has 148 valence electrons. The Bertz CT molecular complexity index is 1130. The lowest BCUT2D eigenvalue weighted by molar-refractivity contribution is -0.274. The van der Waals surface area contributed by atoms with Crippen molar-refractivity contribution in [3.05, 3.63) is 48.0 Å². The Balaban J connectivity index is 1.74. The molecule has 0 bridgehead atoms. The molecule has 3 aromatic rings. The summed E-state index contributed by atoms with van der Waals surface area (Å²) in [6.07, 6.45) is -3.79. The smallest absolute Gasteiger partial charge is 0.406 e. The van der Waals surface area contributed by atoms with Gasteiger partial charge in [0.15, 0.2) is 5.13 Å². The van der Waals surface area contributed by atoms with Crippen molar-refractivity contribution < 1.29 is 31.1 Å². The van der Waals surface area contributed by atoms with Crippen molar-refractivity contribution in [2.45, 2.75) is 6.36 Å². The number of sulfonamides is 1. The van der Waals surface area contributed by atoms with Gasteiger partial charge in [0.1, 0.15) is 5.75 Å². The summed E-state index contributed by atoms with van der Waals surface area (Å²) in [5.41, 5.74) is 1.07. The van der Waals surface area contributed by atoms with E-state index in [-0.39, 0.29) is 16.4 Å². The monoisotopic (exact) mass is 431 g/mol. The lowest BCUT2D eigenvalue weighted by atomic mass is 10.2. The number of hydrogen-bond donors (Lipinski definition) is 2. The maximum Gasteiger partial charge on any atom is 0.573 e. The third-order valence-corrected chi connectivity index (χ3v) is 4.90. The van der Waals surface area contributed by atoms with E-state index in [0.717, 1.165) is 29.7 Å². The van der Waals surface area contributed by atoms with E-state index in [1.807, 2.05) is 0 Å². The number of nitrogens with zero attached hydrogens (tertiary/aromatic N) is 1. The van der Waals surface area contributed by atoms with Gasteiger partial charge in [0.2, 0.25) is 10.0 Å². The number of alkyl halides is 3. The summed E-state index contributed by atoms with van der Waals surface area (Å²) in [6, 6.07) is 9.32. The van der Waals surface area contributed by atoms with Gasteiger partial charge in [-0.15, -0.1) is 13.2 Å². The number of rotatable bonds is 5. The van der Waals surface area contributed by atoms with E-state index in [4.69, 9.17) is 0 Å². The third kappa shape index (κ3) is 5.33. The molecular weight excluding hydrogens is 419 g/mol. The van der Waals surface area contributed by atoms with Crippen LogP contribution >= 0.6 is 11.3 Å². The van der Waals surface area contributed by atoms with Gasteiger partial charge in [-0.25, -0.2) is 13.4 Å². The average Bonchev–Trinajstić information content (AvgIpc) is 2.94. The van der Waals surface area contributed by atoms with E-state index in [1.165, 1.54) is 24.3 Å². The van der Waals surface area contributed by atoms with Crippen LogP contribution in [-0.2, 0) is 10.0 Å². The SMILES string of the molecule is CS(=O)(=O)Nc1nc2ccc(C(=O)Nc3ccc(OC(F)(F)F)cc3)cc2s1. The zero-order chi connectivity index (χ0) is 20.5. The summed E-state index contributed by atoms with van der Waals surface area (Å²) >= 11 is 1.06. The maximum absolute atomic E-state index is 12.4. The van der Waals surface area contributed by atoms with Crippen molar-refractivity contribution in [3.8, 4) is 5.75 Å². The summed E-state index contributed by atoms with van der Waals surface area (Å²) in [7, 11) is -3.47. The lowest BCUT2D eigenvalue weighted by Crippen LogP contribution is -2.17. The molecule has 2 N–H and O–H groups in total. The highest BCUT2D eigenvalue weighted by Crippen LogP contribution is 2.28. The topological polar surface area (TPSA) is 97.4 Å². The van der Waals surface area contributed by atoms with Crippen LogP contribution in [0.4, 0.5) is 24.0 Å². The van der Waals surface area contributed by atoms with Crippen LogP contribution < -0.4 is 14.8 Å². The number of halogens is 3. The number of fused-ring (bicyclic) bond motifs is 1. The van der Waals surface area contributed by atoms with Crippen LogP contribution in [0.3, 0.4) is 0 Å². The number of amides is 1. The van der Waals surface area contributed by atoms with Crippen molar-refractivity contribution in [2.24, 2.45) is 0 Å². The molecule has 1 amide bonds. The normalized spacial score (nSPS) is 12.0. The van der Waals surface area contributed by atoms with Gasteiger partial charge in [0.05, 0.1) is 16.5 Å². The molecule has 0 aliphatic rings. The minimum absolute atomic E-state index is 0.176. The molecule has 28 heavy (non-hydrogen) atoms. The van der Waals surface area contributed by atoms with E-state index in [2.05, 4.69) is 19.8 Å². The summed E-state index contributed by atoms with van der Waals surface area (Å²) < 4.78 is 65.7. The van der Waals surface area contributed by atoms with Crippen LogP contribution in [-0.4, -0.2) is 31.9 Å². The molecule has 3 rings (SSSR count). The molecule has 0 fully saturated rings. The number of thiazole rings is 1. The molecular formula is C16H12F3N3O4S2. The maximum atomic E-state index is 12.4. The molecule has 0 aliphatic heterocycles. The van der Waals surface area contributed by atoms with Crippen molar-refractivity contribution >= 4 is 48.3 Å². The number of aromatic nitrogens is 1. The first-order valence-electron chi connectivity index (χ1n) is 7.54. The largest absolute Gasteiger partial charge is 0.573 e. The number of carbonyl (C=O) groups excluding carboxylic acids is 1. The average molecular weight is 431 g/mol. The van der Waals surface area contributed by atoms with E-state index >= 15 is 0 Å². The van der Waals surface area contributed by atoms with Crippen LogP contribution in [0.15, 0.2) is 42.5 Å². The molecule has 0 spiro atoms. The Morgan fingerprint density at radius 3 is 2.43 bits per heavy atom. The molecule has 0 saturated carbocycles. The highest BCUT2D eigenvalue weighted by Gasteiger charge is 2.30. The predicted molar refractivity (Wildman–Crippen MR) is 99.2 cm³/mol.